The van der Waals surface area contributed by atoms with Crippen molar-refractivity contribution in [1.29, 1.82) is 0 Å². The van der Waals surface area contributed by atoms with Crippen LogP contribution in [0.15, 0.2) is 36.4 Å². The first-order valence-electron chi connectivity index (χ1n) is 6.16. The molecule has 0 aliphatic heterocycles. The number of hydrogen-bond donors (Lipinski definition) is 0. The van der Waals surface area contributed by atoms with Crippen molar-refractivity contribution in [3.05, 3.63) is 65.2 Å². The van der Waals surface area contributed by atoms with Gasteiger partial charge in [0.2, 0.25) is 0 Å². The Kier molecular flexibility index (Phi) is 4.26. The molecular weight excluding hydrogens is 286 g/mol. The largest absolute Gasteiger partial charge is 0.306 e. The van der Waals surface area contributed by atoms with Crippen LogP contribution in [0.2, 0.25) is 0 Å². The number of rotatable bonds is 3. The summed E-state index contributed by atoms with van der Waals surface area (Å²) >= 11 is 0. The standard InChI is InChI=1S/C15H11F4NO/c1-2-20(13-6-4-3-5-10(13)16)15(21)9-7-11(17)14(19)12(18)8-9/h3-8H,2H2,1H3. The normalized spacial score (nSPS) is 10.5. The second-order valence-corrected chi connectivity index (χ2v) is 4.25. The van der Waals surface area contributed by atoms with Gasteiger partial charge in [-0.25, -0.2) is 17.6 Å². The second-order valence-electron chi connectivity index (χ2n) is 4.25. The summed E-state index contributed by atoms with van der Waals surface area (Å²) in [6.07, 6.45) is 0. The Bertz CT molecular complexity index is 664. The van der Waals surface area contributed by atoms with Crippen molar-refractivity contribution in [3.8, 4) is 0 Å². The number of benzene rings is 2. The number of hydrogen-bond acceptors (Lipinski definition) is 1. The van der Waals surface area contributed by atoms with Gasteiger partial charge < -0.3 is 4.90 Å². The van der Waals surface area contributed by atoms with Crippen molar-refractivity contribution < 1.29 is 22.4 Å². The molecule has 21 heavy (non-hydrogen) atoms. The van der Waals surface area contributed by atoms with Gasteiger partial charge in [0.15, 0.2) is 17.5 Å². The first-order chi connectivity index (χ1) is 9.95. The molecule has 0 saturated heterocycles. The zero-order chi connectivity index (χ0) is 15.6. The van der Waals surface area contributed by atoms with Crippen LogP contribution in [0.1, 0.15) is 17.3 Å². The summed E-state index contributed by atoms with van der Waals surface area (Å²) in [5, 5.41) is 0. The van der Waals surface area contributed by atoms with E-state index in [2.05, 4.69) is 0 Å². The lowest BCUT2D eigenvalue weighted by atomic mass is 10.1. The van der Waals surface area contributed by atoms with Crippen LogP contribution in [-0.2, 0) is 0 Å². The van der Waals surface area contributed by atoms with Crippen molar-refractivity contribution in [3.63, 3.8) is 0 Å². The molecule has 0 heterocycles. The van der Waals surface area contributed by atoms with Crippen LogP contribution >= 0.6 is 0 Å². The van der Waals surface area contributed by atoms with E-state index in [1.165, 1.54) is 18.2 Å². The van der Waals surface area contributed by atoms with E-state index in [1.807, 2.05) is 0 Å². The maximum atomic E-state index is 13.7. The molecule has 2 aromatic carbocycles. The summed E-state index contributed by atoms with van der Waals surface area (Å²) < 4.78 is 53.0. The third-order valence-electron chi connectivity index (χ3n) is 2.94. The van der Waals surface area contributed by atoms with E-state index >= 15 is 0 Å². The number of carbonyl (C=O) groups excluding carboxylic acids is 1. The van der Waals surface area contributed by atoms with E-state index in [0.29, 0.717) is 12.1 Å². The van der Waals surface area contributed by atoms with E-state index in [0.717, 1.165) is 11.0 Å². The monoisotopic (exact) mass is 297 g/mol. The van der Waals surface area contributed by atoms with E-state index in [4.69, 9.17) is 0 Å². The van der Waals surface area contributed by atoms with Crippen molar-refractivity contribution in [2.24, 2.45) is 0 Å². The number of carbonyl (C=O) groups is 1. The average Bonchev–Trinajstić information content (AvgIpc) is 2.46. The van der Waals surface area contributed by atoms with Crippen LogP contribution in [0.4, 0.5) is 23.2 Å². The highest BCUT2D eigenvalue weighted by Crippen LogP contribution is 2.22. The highest BCUT2D eigenvalue weighted by molar-refractivity contribution is 6.06. The van der Waals surface area contributed by atoms with Gasteiger partial charge in [0.05, 0.1) is 5.69 Å². The molecule has 0 unspecified atom stereocenters. The van der Waals surface area contributed by atoms with E-state index in [-0.39, 0.29) is 12.2 Å². The summed E-state index contributed by atoms with van der Waals surface area (Å²) in [5.74, 6) is -6.05. The van der Waals surface area contributed by atoms with Gasteiger partial charge >= 0.3 is 0 Å². The summed E-state index contributed by atoms with van der Waals surface area (Å²) in [6, 6.07) is 6.69. The Morgan fingerprint density at radius 3 is 2.10 bits per heavy atom. The quantitative estimate of drug-likeness (QED) is 0.621. The predicted octanol–water partition coefficient (Wildman–Crippen LogP) is 3.91. The molecule has 0 aliphatic rings. The van der Waals surface area contributed by atoms with Gasteiger partial charge in [-0.1, -0.05) is 12.1 Å². The number of amides is 1. The van der Waals surface area contributed by atoms with Crippen molar-refractivity contribution in [2.45, 2.75) is 6.92 Å². The van der Waals surface area contributed by atoms with Gasteiger partial charge in [-0.05, 0) is 31.2 Å². The van der Waals surface area contributed by atoms with Gasteiger partial charge in [0.1, 0.15) is 5.82 Å². The summed E-state index contributed by atoms with van der Waals surface area (Å²) in [4.78, 5) is 13.3. The lowest BCUT2D eigenvalue weighted by Gasteiger charge is -2.21. The maximum absolute atomic E-state index is 13.7. The Balaban J connectivity index is 2.44. The zero-order valence-electron chi connectivity index (χ0n) is 11.0. The second kappa shape index (κ2) is 5.95. The first-order valence-corrected chi connectivity index (χ1v) is 6.16. The van der Waals surface area contributed by atoms with Gasteiger partial charge in [-0.2, -0.15) is 0 Å². The summed E-state index contributed by atoms with van der Waals surface area (Å²) in [7, 11) is 0. The number of para-hydroxylation sites is 1. The molecule has 2 aromatic rings. The van der Waals surface area contributed by atoms with Gasteiger partial charge in [0.25, 0.3) is 5.91 Å². The molecule has 0 aromatic heterocycles. The smallest absolute Gasteiger partial charge is 0.258 e. The molecular formula is C15H11F4NO. The van der Waals surface area contributed by atoms with Crippen LogP contribution in [-0.4, -0.2) is 12.5 Å². The van der Waals surface area contributed by atoms with Crippen molar-refractivity contribution in [2.75, 3.05) is 11.4 Å². The van der Waals surface area contributed by atoms with E-state index < -0.39 is 34.7 Å². The van der Waals surface area contributed by atoms with E-state index in [1.54, 1.807) is 6.92 Å². The van der Waals surface area contributed by atoms with Crippen LogP contribution in [0.3, 0.4) is 0 Å². The lowest BCUT2D eigenvalue weighted by Crippen LogP contribution is -2.31. The third kappa shape index (κ3) is 2.89. The average molecular weight is 297 g/mol. The summed E-state index contributed by atoms with van der Waals surface area (Å²) in [6.45, 7) is 1.67. The number of anilines is 1. The number of halogens is 4. The first kappa shape index (κ1) is 15.0. The van der Waals surface area contributed by atoms with Crippen molar-refractivity contribution in [1.82, 2.24) is 0 Å². The molecule has 0 saturated carbocycles. The fourth-order valence-electron chi connectivity index (χ4n) is 1.93. The molecule has 0 N–H and O–H groups in total. The molecule has 0 radical (unpaired) electrons. The SMILES string of the molecule is CCN(C(=O)c1cc(F)c(F)c(F)c1)c1ccccc1F. The minimum absolute atomic E-state index is 0.0184. The molecule has 2 rings (SSSR count). The Labute approximate surface area is 118 Å². The molecule has 6 heteroatoms. The van der Waals surface area contributed by atoms with Gasteiger partial charge in [-0.3, -0.25) is 4.79 Å². The maximum Gasteiger partial charge on any atom is 0.258 e. The molecule has 0 spiro atoms. The molecule has 0 atom stereocenters. The topological polar surface area (TPSA) is 20.3 Å². The highest BCUT2D eigenvalue weighted by Gasteiger charge is 2.22. The molecule has 110 valence electrons. The highest BCUT2D eigenvalue weighted by atomic mass is 19.2. The zero-order valence-corrected chi connectivity index (χ0v) is 11.0. The van der Waals surface area contributed by atoms with Gasteiger partial charge in [0, 0.05) is 12.1 Å². The Hall–Kier alpha value is -2.37. The molecule has 2 nitrogen and oxygen atoms in total. The lowest BCUT2D eigenvalue weighted by molar-refractivity contribution is 0.0986. The third-order valence-corrected chi connectivity index (χ3v) is 2.94. The van der Waals surface area contributed by atoms with Crippen LogP contribution in [0, 0.1) is 23.3 Å². The Morgan fingerprint density at radius 2 is 1.57 bits per heavy atom. The molecule has 0 aliphatic carbocycles. The van der Waals surface area contributed by atoms with Gasteiger partial charge in [-0.15, -0.1) is 0 Å². The minimum Gasteiger partial charge on any atom is -0.306 e. The fourth-order valence-corrected chi connectivity index (χ4v) is 1.93. The fraction of sp³-hybridized carbons (Fsp3) is 0.133. The van der Waals surface area contributed by atoms with Crippen molar-refractivity contribution >= 4 is 11.6 Å². The minimum atomic E-state index is -1.65. The molecule has 0 bridgehead atoms. The number of nitrogens with zero attached hydrogens (tertiary/aromatic N) is 1. The molecule has 1 amide bonds. The van der Waals surface area contributed by atoms with E-state index in [9.17, 15) is 22.4 Å². The predicted molar refractivity (Wildman–Crippen MR) is 70.1 cm³/mol. The van der Waals surface area contributed by atoms with Crippen LogP contribution in [0.25, 0.3) is 0 Å². The van der Waals surface area contributed by atoms with Crippen LogP contribution < -0.4 is 4.90 Å². The summed E-state index contributed by atoms with van der Waals surface area (Å²) in [5.41, 5.74) is -0.411. The Morgan fingerprint density at radius 1 is 1.00 bits per heavy atom. The molecule has 0 fully saturated rings. The van der Waals surface area contributed by atoms with Crippen LogP contribution in [0.5, 0.6) is 0 Å².